The molecule has 0 heterocycles. The van der Waals surface area contributed by atoms with Crippen molar-refractivity contribution in [2.24, 2.45) is 0 Å². The van der Waals surface area contributed by atoms with E-state index in [1.54, 1.807) is 12.1 Å². The van der Waals surface area contributed by atoms with Crippen LogP contribution in [0.3, 0.4) is 0 Å². The number of hydrogen-bond donors (Lipinski definition) is 2. The van der Waals surface area contributed by atoms with Crippen molar-refractivity contribution in [2.45, 2.75) is 36.8 Å². The van der Waals surface area contributed by atoms with Gasteiger partial charge in [0.05, 0.1) is 11.7 Å². The predicted octanol–water partition coefficient (Wildman–Crippen LogP) is 6.34. The van der Waals surface area contributed by atoms with E-state index >= 15 is 0 Å². The molecule has 1 atom stereocenters. The number of benzene rings is 3. The number of aryl methyl sites for hydroxylation is 1. The summed E-state index contributed by atoms with van der Waals surface area (Å²) in [6, 6.07) is 22.5. The first-order chi connectivity index (χ1) is 14.9. The second-order valence-corrected chi connectivity index (χ2v) is 8.91. The second-order valence-electron chi connectivity index (χ2n) is 7.20. The summed E-state index contributed by atoms with van der Waals surface area (Å²) in [6.45, 7) is 3.97. The van der Waals surface area contributed by atoms with E-state index in [1.807, 2.05) is 74.5 Å². The molecule has 2 amide bonds. The van der Waals surface area contributed by atoms with Gasteiger partial charge < -0.3 is 10.6 Å². The van der Waals surface area contributed by atoms with E-state index in [9.17, 15) is 9.59 Å². The highest BCUT2D eigenvalue weighted by Gasteiger charge is 2.19. The number of thioether (sulfide) groups is 1. The van der Waals surface area contributed by atoms with Crippen molar-refractivity contribution < 1.29 is 9.59 Å². The molecule has 0 saturated carbocycles. The highest BCUT2D eigenvalue weighted by Crippen LogP contribution is 2.29. The number of rotatable bonds is 8. The van der Waals surface area contributed by atoms with E-state index in [2.05, 4.69) is 10.6 Å². The molecule has 6 heteroatoms. The number of nitrogens with one attached hydrogen (secondary N) is 2. The molecule has 4 nitrogen and oxygen atoms in total. The Balaban J connectivity index is 1.61. The van der Waals surface area contributed by atoms with Crippen LogP contribution in [0.4, 0.5) is 11.4 Å². The highest BCUT2D eigenvalue weighted by molar-refractivity contribution is 8.00. The van der Waals surface area contributed by atoms with Crippen LogP contribution in [0.25, 0.3) is 0 Å². The number of anilines is 2. The second kappa shape index (κ2) is 11.0. The van der Waals surface area contributed by atoms with Crippen molar-refractivity contribution in [3.05, 3.63) is 88.9 Å². The Morgan fingerprint density at radius 1 is 0.968 bits per heavy atom. The van der Waals surface area contributed by atoms with E-state index < -0.39 is 0 Å². The van der Waals surface area contributed by atoms with E-state index in [4.69, 9.17) is 11.6 Å². The van der Waals surface area contributed by atoms with Crippen LogP contribution in [0, 0.1) is 6.92 Å². The topological polar surface area (TPSA) is 58.2 Å². The van der Waals surface area contributed by atoms with Gasteiger partial charge in [0.1, 0.15) is 0 Å². The van der Waals surface area contributed by atoms with Crippen molar-refractivity contribution in [1.29, 1.82) is 0 Å². The molecule has 0 saturated heterocycles. The van der Waals surface area contributed by atoms with E-state index in [-0.39, 0.29) is 23.5 Å². The Morgan fingerprint density at radius 3 is 2.42 bits per heavy atom. The Hall–Kier alpha value is -2.76. The summed E-state index contributed by atoms with van der Waals surface area (Å²) in [5, 5.41) is 6.36. The Labute approximate surface area is 192 Å². The molecule has 0 aliphatic heterocycles. The maximum atomic E-state index is 12.8. The van der Waals surface area contributed by atoms with Gasteiger partial charge >= 0.3 is 0 Å². The van der Waals surface area contributed by atoms with Gasteiger partial charge in [0.15, 0.2) is 0 Å². The van der Waals surface area contributed by atoms with Gasteiger partial charge in [0.2, 0.25) is 11.8 Å². The van der Waals surface area contributed by atoms with Gasteiger partial charge in [-0.25, -0.2) is 0 Å². The number of para-hydroxylation sites is 1. The van der Waals surface area contributed by atoms with E-state index in [0.717, 1.165) is 21.7 Å². The summed E-state index contributed by atoms with van der Waals surface area (Å²) in [6.07, 6.45) is 0.959. The SMILES string of the molecule is CCC(Sc1cccc(NC(=O)Cc2ccc(Cl)cc2)c1)C(=O)Nc1ccccc1C. The molecule has 3 rings (SSSR count). The fourth-order valence-corrected chi connectivity index (χ4v) is 4.19. The van der Waals surface area contributed by atoms with Crippen LogP contribution in [0.1, 0.15) is 24.5 Å². The average Bonchev–Trinajstić information content (AvgIpc) is 2.75. The van der Waals surface area contributed by atoms with Crippen LogP contribution >= 0.6 is 23.4 Å². The molecule has 0 bridgehead atoms. The van der Waals surface area contributed by atoms with Crippen molar-refractivity contribution in [3.63, 3.8) is 0 Å². The molecule has 2 N–H and O–H groups in total. The van der Waals surface area contributed by atoms with Crippen LogP contribution in [0.2, 0.25) is 5.02 Å². The zero-order chi connectivity index (χ0) is 22.2. The van der Waals surface area contributed by atoms with Crippen molar-refractivity contribution in [2.75, 3.05) is 10.6 Å². The van der Waals surface area contributed by atoms with Crippen molar-refractivity contribution in [3.8, 4) is 0 Å². The van der Waals surface area contributed by atoms with Crippen molar-refractivity contribution >= 4 is 46.6 Å². The summed E-state index contributed by atoms with van der Waals surface area (Å²) in [5.74, 6) is -0.132. The minimum atomic E-state index is -0.236. The first-order valence-electron chi connectivity index (χ1n) is 10.1. The van der Waals surface area contributed by atoms with Gasteiger partial charge in [-0.15, -0.1) is 11.8 Å². The van der Waals surface area contributed by atoms with Crippen LogP contribution in [-0.2, 0) is 16.0 Å². The molecule has 0 aliphatic rings. The quantitative estimate of drug-likeness (QED) is 0.392. The Kier molecular flexibility index (Phi) is 8.15. The van der Waals surface area contributed by atoms with Gasteiger partial charge in [0, 0.05) is 21.3 Å². The third-order valence-corrected chi connectivity index (χ3v) is 6.35. The van der Waals surface area contributed by atoms with Crippen LogP contribution in [0.15, 0.2) is 77.7 Å². The molecule has 0 fully saturated rings. The summed E-state index contributed by atoms with van der Waals surface area (Å²) < 4.78 is 0. The molecule has 1 unspecified atom stereocenters. The monoisotopic (exact) mass is 452 g/mol. The predicted molar refractivity (Wildman–Crippen MR) is 130 cm³/mol. The summed E-state index contributed by atoms with van der Waals surface area (Å²) in [7, 11) is 0. The normalized spacial score (nSPS) is 11.6. The molecule has 3 aromatic carbocycles. The van der Waals surface area contributed by atoms with Gasteiger partial charge in [0.25, 0.3) is 0 Å². The zero-order valence-electron chi connectivity index (χ0n) is 17.5. The lowest BCUT2D eigenvalue weighted by atomic mass is 10.1. The standard InChI is InChI=1S/C25H25ClN2O2S/c1-3-23(25(30)28-22-10-5-4-7-17(22)2)31-21-9-6-8-20(16-21)27-24(29)15-18-11-13-19(26)14-12-18/h4-14,16,23H,3,15H2,1-2H3,(H,27,29)(H,28,30). The summed E-state index contributed by atoms with van der Waals surface area (Å²) >= 11 is 7.38. The number of amides is 2. The molecule has 160 valence electrons. The van der Waals surface area contributed by atoms with Crippen LogP contribution in [-0.4, -0.2) is 17.1 Å². The maximum Gasteiger partial charge on any atom is 0.237 e. The van der Waals surface area contributed by atoms with Crippen molar-refractivity contribution in [1.82, 2.24) is 0 Å². The maximum absolute atomic E-state index is 12.8. The van der Waals surface area contributed by atoms with E-state index in [1.165, 1.54) is 11.8 Å². The molecule has 0 spiro atoms. The summed E-state index contributed by atoms with van der Waals surface area (Å²) in [4.78, 5) is 26.1. The van der Waals surface area contributed by atoms with Gasteiger partial charge in [-0.3, -0.25) is 9.59 Å². The van der Waals surface area contributed by atoms with Gasteiger partial charge in [-0.05, 0) is 60.9 Å². The lowest BCUT2D eigenvalue weighted by Gasteiger charge is -2.16. The molecule has 0 aliphatic carbocycles. The Bertz CT molecular complexity index is 1050. The van der Waals surface area contributed by atoms with Gasteiger partial charge in [-0.1, -0.05) is 54.9 Å². The molecule has 3 aromatic rings. The lowest BCUT2D eigenvalue weighted by Crippen LogP contribution is -2.24. The van der Waals surface area contributed by atoms with Crippen LogP contribution < -0.4 is 10.6 Å². The summed E-state index contributed by atoms with van der Waals surface area (Å²) in [5.41, 5.74) is 3.46. The molecule has 31 heavy (non-hydrogen) atoms. The smallest absolute Gasteiger partial charge is 0.237 e. The minimum absolute atomic E-state index is 0.0287. The van der Waals surface area contributed by atoms with Gasteiger partial charge in [-0.2, -0.15) is 0 Å². The lowest BCUT2D eigenvalue weighted by molar-refractivity contribution is -0.116. The number of halogens is 1. The molecule has 0 aromatic heterocycles. The average molecular weight is 453 g/mol. The zero-order valence-corrected chi connectivity index (χ0v) is 19.1. The number of carbonyl (C=O) groups is 2. The fraction of sp³-hybridized carbons (Fsp3) is 0.200. The molecular formula is C25H25ClN2O2S. The van der Waals surface area contributed by atoms with E-state index in [0.29, 0.717) is 17.1 Å². The molecule has 0 radical (unpaired) electrons. The number of carbonyl (C=O) groups excluding carboxylic acids is 2. The fourth-order valence-electron chi connectivity index (χ4n) is 3.05. The third-order valence-electron chi connectivity index (χ3n) is 4.74. The first kappa shape index (κ1) is 22.9. The highest BCUT2D eigenvalue weighted by atomic mass is 35.5. The minimum Gasteiger partial charge on any atom is -0.326 e. The Morgan fingerprint density at radius 2 is 1.71 bits per heavy atom. The third kappa shape index (κ3) is 6.88. The largest absolute Gasteiger partial charge is 0.326 e. The number of hydrogen-bond acceptors (Lipinski definition) is 3. The molecular weight excluding hydrogens is 428 g/mol. The van der Waals surface area contributed by atoms with Crippen LogP contribution in [0.5, 0.6) is 0 Å². The first-order valence-corrected chi connectivity index (χ1v) is 11.4.